The van der Waals surface area contributed by atoms with Crippen LogP contribution in [0.2, 0.25) is 0 Å². The van der Waals surface area contributed by atoms with Crippen molar-refractivity contribution < 1.29 is 9.47 Å². The molecule has 0 radical (unpaired) electrons. The zero-order valence-electron chi connectivity index (χ0n) is 20.8. The van der Waals surface area contributed by atoms with Crippen molar-refractivity contribution in [3.63, 3.8) is 0 Å². The maximum absolute atomic E-state index is 5.58. The van der Waals surface area contributed by atoms with Gasteiger partial charge in [-0.15, -0.1) is 0 Å². The molecule has 0 atom stereocenters. The maximum Gasteiger partial charge on any atom is 0.124 e. The summed E-state index contributed by atoms with van der Waals surface area (Å²) in [5.41, 5.74) is 5.64. The van der Waals surface area contributed by atoms with Crippen LogP contribution in [0.3, 0.4) is 0 Å². The number of aryl methyl sites for hydroxylation is 1. The monoisotopic (exact) mass is 471 g/mol. The summed E-state index contributed by atoms with van der Waals surface area (Å²) in [6, 6.07) is 12.4. The van der Waals surface area contributed by atoms with E-state index in [9.17, 15) is 0 Å². The van der Waals surface area contributed by atoms with Crippen LogP contribution in [-0.4, -0.2) is 40.5 Å². The second kappa shape index (κ2) is 10.3. The van der Waals surface area contributed by atoms with Crippen molar-refractivity contribution in [1.29, 1.82) is 0 Å². The second-order valence-electron chi connectivity index (χ2n) is 9.35. The number of fused-ring (bicyclic) bond motifs is 1. The Hall–Kier alpha value is -3.61. The molecule has 2 aromatic carbocycles. The topological polar surface area (TPSA) is 65.3 Å². The zero-order chi connectivity index (χ0) is 24.2. The van der Waals surface area contributed by atoms with E-state index in [1.165, 1.54) is 32.1 Å². The second-order valence-corrected chi connectivity index (χ2v) is 9.35. The Morgan fingerprint density at radius 2 is 1.69 bits per heavy atom. The number of methoxy groups -OCH3 is 2. The molecule has 2 heterocycles. The number of hydrogen-bond acceptors (Lipinski definition) is 6. The van der Waals surface area contributed by atoms with Gasteiger partial charge in [-0.3, -0.25) is 9.67 Å². The first-order chi connectivity index (χ1) is 17.1. The molecule has 2 aromatic heterocycles. The molecule has 0 N–H and O–H groups in total. The average Bonchev–Trinajstić information content (AvgIpc) is 3.35. The van der Waals surface area contributed by atoms with Crippen LogP contribution in [0.4, 0.5) is 11.4 Å². The lowest BCUT2D eigenvalue weighted by molar-refractivity contribution is 0.342. The highest BCUT2D eigenvalue weighted by Gasteiger charge is 2.18. The molecule has 1 aliphatic rings. The number of aromatic nitrogens is 4. The molecule has 0 aliphatic heterocycles. The van der Waals surface area contributed by atoms with Crippen LogP contribution in [0.1, 0.15) is 38.5 Å². The van der Waals surface area contributed by atoms with Crippen LogP contribution in [-0.2, 0) is 7.05 Å². The fourth-order valence-electron chi connectivity index (χ4n) is 5.00. The van der Waals surface area contributed by atoms with Crippen molar-refractivity contribution in [1.82, 2.24) is 19.7 Å². The van der Waals surface area contributed by atoms with Gasteiger partial charge >= 0.3 is 0 Å². The van der Waals surface area contributed by atoms with E-state index in [0.29, 0.717) is 0 Å². The van der Waals surface area contributed by atoms with Gasteiger partial charge in [0, 0.05) is 54.9 Å². The molecule has 0 bridgehead atoms. The van der Waals surface area contributed by atoms with Crippen molar-refractivity contribution >= 4 is 22.4 Å². The molecule has 1 saturated carbocycles. The normalized spacial score (nSPS) is 14.3. The van der Waals surface area contributed by atoms with E-state index in [1.807, 2.05) is 31.7 Å². The zero-order valence-corrected chi connectivity index (χ0v) is 20.8. The Morgan fingerprint density at radius 3 is 2.37 bits per heavy atom. The van der Waals surface area contributed by atoms with Gasteiger partial charge in [0.15, 0.2) is 0 Å². The summed E-state index contributed by atoms with van der Waals surface area (Å²) in [5, 5.41) is 4.28. The van der Waals surface area contributed by atoms with Gasteiger partial charge in [0.25, 0.3) is 0 Å². The number of hydrogen-bond donors (Lipinski definition) is 0. The molecule has 1 aliphatic carbocycles. The standard InChI is InChI=1S/C28H33N5O2/c1-32-19-21(17-30-32)28-18-29-26-10-9-22(15-27(26)31-28)33(12-11-20-7-5-4-6-8-20)23-13-24(34-2)16-25(14-23)35-3/h9-10,13-20H,4-8,11-12H2,1-3H3. The molecular weight excluding hydrogens is 438 g/mol. The molecule has 7 nitrogen and oxygen atoms in total. The molecule has 0 spiro atoms. The Balaban J connectivity index is 1.53. The lowest BCUT2D eigenvalue weighted by atomic mass is 9.87. The molecular formula is C28H33N5O2. The lowest BCUT2D eigenvalue weighted by Gasteiger charge is -2.29. The van der Waals surface area contributed by atoms with Gasteiger partial charge in [-0.1, -0.05) is 32.1 Å². The fourth-order valence-corrected chi connectivity index (χ4v) is 5.00. The molecule has 5 rings (SSSR count). The minimum absolute atomic E-state index is 0.774. The number of ether oxygens (including phenoxy) is 2. The van der Waals surface area contributed by atoms with Crippen LogP contribution >= 0.6 is 0 Å². The number of benzene rings is 2. The van der Waals surface area contributed by atoms with E-state index in [4.69, 9.17) is 14.5 Å². The summed E-state index contributed by atoms with van der Waals surface area (Å²) >= 11 is 0. The summed E-state index contributed by atoms with van der Waals surface area (Å²) in [6.07, 6.45) is 13.5. The Kier molecular flexibility index (Phi) is 6.84. The van der Waals surface area contributed by atoms with Gasteiger partial charge in [0.2, 0.25) is 0 Å². The predicted molar refractivity (Wildman–Crippen MR) is 139 cm³/mol. The molecule has 182 valence electrons. The number of rotatable bonds is 8. The van der Waals surface area contributed by atoms with E-state index in [1.54, 1.807) is 18.9 Å². The van der Waals surface area contributed by atoms with Crippen LogP contribution in [0.5, 0.6) is 11.5 Å². The van der Waals surface area contributed by atoms with E-state index >= 15 is 0 Å². The third-order valence-corrected chi connectivity index (χ3v) is 6.97. The van der Waals surface area contributed by atoms with Crippen molar-refractivity contribution in [2.75, 3.05) is 25.7 Å². The van der Waals surface area contributed by atoms with Crippen LogP contribution < -0.4 is 14.4 Å². The molecule has 0 saturated heterocycles. The van der Waals surface area contributed by atoms with Crippen molar-refractivity contribution in [3.8, 4) is 22.8 Å². The Morgan fingerprint density at radius 1 is 0.914 bits per heavy atom. The van der Waals surface area contributed by atoms with E-state index in [0.717, 1.165) is 64.0 Å². The van der Waals surface area contributed by atoms with Gasteiger partial charge < -0.3 is 14.4 Å². The van der Waals surface area contributed by atoms with Crippen LogP contribution in [0.15, 0.2) is 55.0 Å². The highest BCUT2D eigenvalue weighted by atomic mass is 16.5. The first kappa shape index (κ1) is 23.1. The predicted octanol–water partition coefficient (Wildman–Crippen LogP) is 6.16. The molecule has 0 unspecified atom stereocenters. The highest BCUT2D eigenvalue weighted by molar-refractivity contribution is 5.82. The van der Waals surface area contributed by atoms with Crippen LogP contribution in [0, 0.1) is 5.92 Å². The van der Waals surface area contributed by atoms with Gasteiger partial charge in [0.1, 0.15) is 11.5 Å². The average molecular weight is 472 g/mol. The van der Waals surface area contributed by atoms with E-state index in [2.05, 4.69) is 45.3 Å². The summed E-state index contributed by atoms with van der Waals surface area (Å²) in [6.45, 7) is 0.919. The fraction of sp³-hybridized carbons (Fsp3) is 0.393. The molecule has 7 heteroatoms. The Bertz CT molecular complexity index is 1270. The van der Waals surface area contributed by atoms with Crippen molar-refractivity contribution in [3.05, 3.63) is 55.0 Å². The van der Waals surface area contributed by atoms with Gasteiger partial charge in [-0.2, -0.15) is 5.10 Å². The molecule has 1 fully saturated rings. The maximum atomic E-state index is 5.58. The summed E-state index contributed by atoms with van der Waals surface area (Å²) in [5.74, 6) is 2.33. The minimum Gasteiger partial charge on any atom is -0.497 e. The number of anilines is 2. The molecule has 4 aromatic rings. The number of nitrogens with zero attached hydrogens (tertiary/aromatic N) is 5. The smallest absolute Gasteiger partial charge is 0.124 e. The lowest BCUT2D eigenvalue weighted by Crippen LogP contribution is -2.22. The van der Waals surface area contributed by atoms with Gasteiger partial charge in [-0.05, 0) is 30.5 Å². The third kappa shape index (κ3) is 5.24. The van der Waals surface area contributed by atoms with Crippen molar-refractivity contribution in [2.45, 2.75) is 38.5 Å². The van der Waals surface area contributed by atoms with Crippen molar-refractivity contribution in [2.24, 2.45) is 13.0 Å². The third-order valence-electron chi connectivity index (χ3n) is 6.97. The highest BCUT2D eigenvalue weighted by Crippen LogP contribution is 2.36. The SMILES string of the molecule is COc1cc(OC)cc(N(CCC2CCCCC2)c2ccc3ncc(-c4cnn(C)c4)nc3c2)c1. The summed E-state index contributed by atoms with van der Waals surface area (Å²) in [4.78, 5) is 11.9. The van der Waals surface area contributed by atoms with Crippen LogP contribution in [0.25, 0.3) is 22.3 Å². The summed E-state index contributed by atoms with van der Waals surface area (Å²) < 4.78 is 12.9. The molecule has 35 heavy (non-hydrogen) atoms. The first-order valence-electron chi connectivity index (χ1n) is 12.4. The van der Waals surface area contributed by atoms with E-state index < -0.39 is 0 Å². The quantitative estimate of drug-likeness (QED) is 0.307. The van der Waals surface area contributed by atoms with Gasteiger partial charge in [-0.25, -0.2) is 4.98 Å². The largest absolute Gasteiger partial charge is 0.497 e. The van der Waals surface area contributed by atoms with Gasteiger partial charge in [0.05, 0.1) is 43.3 Å². The molecule has 0 amide bonds. The summed E-state index contributed by atoms with van der Waals surface area (Å²) in [7, 11) is 5.29. The van der Waals surface area contributed by atoms with E-state index in [-0.39, 0.29) is 0 Å². The Labute approximate surface area is 206 Å². The minimum atomic E-state index is 0.774. The first-order valence-corrected chi connectivity index (χ1v) is 12.4.